The Bertz CT molecular complexity index is 3520. The van der Waals surface area contributed by atoms with E-state index in [0.29, 0.717) is 17.5 Å². The summed E-state index contributed by atoms with van der Waals surface area (Å²) in [5, 5.41) is 6.31. The van der Waals surface area contributed by atoms with E-state index in [-0.39, 0.29) is 0 Å². The fraction of sp³-hybridized carbons (Fsp3) is 0. The first-order valence-electron chi connectivity index (χ1n) is 18.9. The highest BCUT2D eigenvalue weighted by Crippen LogP contribution is 2.45. The van der Waals surface area contributed by atoms with Crippen molar-refractivity contribution in [2.24, 2.45) is 0 Å². The molecule has 12 aromatic rings. The van der Waals surface area contributed by atoms with E-state index >= 15 is 0 Å². The number of benzene rings is 8. The number of para-hydroxylation sites is 4. The molecule has 0 radical (unpaired) electrons. The minimum Gasteiger partial charge on any atom is -0.456 e. The van der Waals surface area contributed by atoms with E-state index in [1.165, 1.54) is 0 Å². The van der Waals surface area contributed by atoms with Crippen LogP contribution in [-0.2, 0) is 0 Å². The molecule has 0 N–H and O–H groups in total. The van der Waals surface area contributed by atoms with Gasteiger partial charge >= 0.3 is 0 Å². The van der Waals surface area contributed by atoms with Gasteiger partial charge in [-0.3, -0.25) is 0 Å². The highest BCUT2D eigenvalue weighted by molar-refractivity contribution is 6.19. The van der Waals surface area contributed by atoms with Crippen molar-refractivity contribution in [2.45, 2.75) is 0 Å². The van der Waals surface area contributed by atoms with Crippen LogP contribution in [-0.4, -0.2) is 15.0 Å². The van der Waals surface area contributed by atoms with Crippen molar-refractivity contribution < 1.29 is 13.3 Å². The Labute approximate surface area is 325 Å². The lowest BCUT2D eigenvalue weighted by Gasteiger charge is -2.11. The summed E-state index contributed by atoms with van der Waals surface area (Å²) in [5.41, 5.74) is 11.8. The summed E-state index contributed by atoms with van der Waals surface area (Å²) >= 11 is 0. The Kier molecular flexibility index (Phi) is 6.83. The van der Waals surface area contributed by atoms with Crippen molar-refractivity contribution in [3.63, 3.8) is 0 Å². The minimum absolute atomic E-state index is 0.582. The Morgan fingerprint density at radius 1 is 0.263 bits per heavy atom. The molecular formula is C51H29N3O3. The molecule has 0 spiro atoms. The number of aromatic nitrogens is 3. The summed E-state index contributed by atoms with van der Waals surface area (Å²) in [4.78, 5) is 15.2. The molecular weight excluding hydrogens is 703 g/mol. The number of nitrogens with zero attached hydrogens (tertiary/aromatic N) is 3. The van der Waals surface area contributed by atoms with Crippen LogP contribution in [0.4, 0.5) is 0 Å². The summed E-state index contributed by atoms with van der Waals surface area (Å²) in [6.45, 7) is 0. The van der Waals surface area contributed by atoms with E-state index in [1.54, 1.807) is 0 Å². The Morgan fingerprint density at radius 2 is 0.772 bits per heavy atom. The van der Waals surface area contributed by atoms with Crippen molar-refractivity contribution >= 4 is 65.8 Å². The van der Waals surface area contributed by atoms with Crippen LogP contribution in [0.2, 0.25) is 0 Å². The smallest absolute Gasteiger partial charge is 0.164 e. The van der Waals surface area contributed by atoms with E-state index in [9.17, 15) is 0 Å². The minimum atomic E-state index is 0.582. The Hall–Kier alpha value is -7.83. The summed E-state index contributed by atoms with van der Waals surface area (Å²) in [5.74, 6) is 1.76. The molecule has 0 aliphatic rings. The molecule has 266 valence electrons. The van der Waals surface area contributed by atoms with Crippen LogP contribution >= 0.6 is 0 Å². The van der Waals surface area contributed by atoms with Crippen molar-refractivity contribution in [1.82, 2.24) is 15.0 Å². The Balaban J connectivity index is 1.01. The molecule has 4 aromatic heterocycles. The van der Waals surface area contributed by atoms with Crippen molar-refractivity contribution in [3.05, 3.63) is 176 Å². The van der Waals surface area contributed by atoms with Crippen LogP contribution in [0.1, 0.15) is 0 Å². The standard InChI is InChI=1S/C51H29N3O3/c1-2-12-31(13-3-1)49-52-50(54-51(53-49)40-19-11-23-44-45(40)38-15-5-8-21-42(38)55-44)32-26-24-30(25-27-32)33-28-29-35(46-39-16-6-9-22-43(39)57-48(33)46)37-18-10-17-36-34-14-4-7-20-41(34)56-47(36)37/h1-29H. The summed E-state index contributed by atoms with van der Waals surface area (Å²) in [7, 11) is 0. The molecule has 0 aliphatic carbocycles. The lowest BCUT2D eigenvalue weighted by Crippen LogP contribution is -2.00. The van der Waals surface area contributed by atoms with Crippen LogP contribution < -0.4 is 0 Å². The topological polar surface area (TPSA) is 78.1 Å². The van der Waals surface area contributed by atoms with E-state index in [1.807, 2.05) is 84.9 Å². The molecule has 57 heavy (non-hydrogen) atoms. The molecule has 0 aliphatic heterocycles. The highest BCUT2D eigenvalue weighted by atomic mass is 16.3. The zero-order chi connectivity index (χ0) is 37.5. The molecule has 0 atom stereocenters. The zero-order valence-electron chi connectivity index (χ0n) is 30.3. The first-order chi connectivity index (χ1) is 28.2. The predicted molar refractivity (Wildman–Crippen MR) is 229 cm³/mol. The molecule has 6 heteroatoms. The fourth-order valence-electron chi connectivity index (χ4n) is 8.34. The lowest BCUT2D eigenvalue weighted by atomic mass is 9.93. The molecule has 0 unspecified atom stereocenters. The van der Waals surface area contributed by atoms with Gasteiger partial charge in [-0.2, -0.15) is 0 Å². The van der Waals surface area contributed by atoms with Crippen LogP contribution in [0, 0.1) is 0 Å². The number of fused-ring (bicyclic) bond motifs is 9. The van der Waals surface area contributed by atoms with Gasteiger partial charge < -0.3 is 13.3 Å². The molecule has 0 bridgehead atoms. The van der Waals surface area contributed by atoms with E-state index in [0.717, 1.165) is 105 Å². The molecule has 8 aromatic carbocycles. The van der Waals surface area contributed by atoms with Gasteiger partial charge in [0.1, 0.15) is 33.5 Å². The summed E-state index contributed by atoms with van der Waals surface area (Å²) < 4.78 is 19.4. The first kappa shape index (κ1) is 31.5. The predicted octanol–water partition coefficient (Wildman–Crippen LogP) is 13.9. The van der Waals surface area contributed by atoms with Gasteiger partial charge in [0.15, 0.2) is 17.5 Å². The maximum absolute atomic E-state index is 6.70. The molecule has 6 nitrogen and oxygen atoms in total. The number of furan rings is 3. The van der Waals surface area contributed by atoms with Crippen LogP contribution in [0.25, 0.3) is 122 Å². The first-order valence-corrected chi connectivity index (χ1v) is 18.9. The van der Waals surface area contributed by atoms with Gasteiger partial charge in [-0.1, -0.05) is 146 Å². The number of hydrogen-bond acceptors (Lipinski definition) is 6. The maximum Gasteiger partial charge on any atom is 0.164 e. The fourth-order valence-corrected chi connectivity index (χ4v) is 8.34. The number of rotatable bonds is 5. The SMILES string of the molecule is c1ccc(-c2nc(-c3ccc(-c4ccc(-c5cccc6c5oc5ccccc56)c5c4oc4ccccc45)cc3)nc(-c3cccc4oc5ccccc5c34)n2)cc1. The normalized spacial score (nSPS) is 11.9. The molecule has 12 rings (SSSR count). The van der Waals surface area contributed by atoms with Crippen LogP contribution in [0.15, 0.2) is 189 Å². The Morgan fingerprint density at radius 3 is 1.54 bits per heavy atom. The van der Waals surface area contributed by atoms with Gasteiger partial charge in [-0.25, -0.2) is 15.0 Å². The third kappa shape index (κ3) is 4.94. The largest absolute Gasteiger partial charge is 0.456 e. The van der Waals surface area contributed by atoms with Gasteiger partial charge in [0, 0.05) is 60.1 Å². The second kappa shape index (κ2) is 12.3. The lowest BCUT2D eigenvalue weighted by molar-refractivity contribution is 0.668. The highest BCUT2D eigenvalue weighted by Gasteiger charge is 2.21. The second-order valence-electron chi connectivity index (χ2n) is 14.3. The molecule has 0 amide bonds. The zero-order valence-corrected chi connectivity index (χ0v) is 30.3. The van der Waals surface area contributed by atoms with Crippen LogP contribution in [0.3, 0.4) is 0 Å². The third-order valence-electron chi connectivity index (χ3n) is 11.0. The second-order valence-corrected chi connectivity index (χ2v) is 14.3. The molecule has 0 saturated carbocycles. The average Bonchev–Trinajstić information content (AvgIpc) is 3.98. The van der Waals surface area contributed by atoms with Crippen molar-refractivity contribution in [2.75, 3.05) is 0 Å². The van der Waals surface area contributed by atoms with Gasteiger partial charge in [0.2, 0.25) is 0 Å². The van der Waals surface area contributed by atoms with Gasteiger partial charge in [0.05, 0.1) is 0 Å². The van der Waals surface area contributed by atoms with Gasteiger partial charge in [-0.15, -0.1) is 0 Å². The molecule has 0 saturated heterocycles. The summed E-state index contributed by atoms with van der Waals surface area (Å²) in [6.07, 6.45) is 0. The van der Waals surface area contributed by atoms with E-state index in [4.69, 9.17) is 28.2 Å². The maximum atomic E-state index is 6.70. The monoisotopic (exact) mass is 731 g/mol. The average molecular weight is 732 g/mol. The third-order valence-corrected chi connectivity index (χ3v) is 11.0. The summed E-state index contributed by atoms with van der Waals surface area (Å²) in [6, 6.07) is 59.7. The quantitative estimate of drug-likeness (QED) is 0.175. The van der Waals surface area contributed by atoms with E-state index < -0.39 is 0 Å². The van der Waals surface area contributed by atoms with Crippen molar-refractivity contribution in [1.29, 1.82) is 0 Å². The van der Waals surface area contributed by atoms with Crippen molar-refractivity contribution in [3.8, 4) is 56.4 Å². The number of hydrogen-bond donors (Lipinski definition) is 0. The molecule has 0 fully saturated rings. The van der Waals surface area contributed by atoms with E-state index in [2.05, 4.69) is 91.0 Å². The van der Waals surface area contributed by atoms with Crippen LogP contribution in [0.5, 0.6) is 0 Å². The molecule has 4 heterocycles. The van der Waals surface area contributed by atoms with Gasteiger partial charge in [0.25, 0.3) is 0 Å². The van der Waals surface area contributed by atoms with Gasteiger partial charge in [-0.05, 0) is 41.5 Å².